The number of nitrogens with zero attached hydrogens (tertiary/aromatic N) is 1. The quantitative estimate of drug-likeness (QED) is 0.694. The summed E-state index contributed by atoms with van der Waals surface area (Å²) in [5.74, 6) is 1.07. The molecule has 1 unspecified atom stereocenters. The van der Waals surface area contributed by atoms with Crippen LogP contribution in [0, 0.1) is 24.2 Å². The number of carbonyl (C=O) groups excluding carboxylic acids is 1. The van der Waals surface area contributed by atoms with Gasteiger partial charge in [0.1, 0.15) is 0 Å². The molecule has 0 bridgehead atoms. The molecule has 0 saturated heterocycles. The summed E-state index contributed by atoms with van der Waals surface area (Å²) in [6.45, 7) is 2.10. The third-order valence-corrected chi connectivity index (χ3v) is 9.02. The average Bonchev–Trinajstić information content (AvgIpc) is 3.22. The van der Waals surface area contributed by atoms with E-state index in [2.05, 4.69) is 0 Å². The lowest BCUT2D eigenvalue weighted by molar-refractivity contribution is -0.116. The molecule has 2 aromatic rings. The molecule has 0 radical (unpaired) electrons. The Labute approximate surface area is 178 Å². The van der Waals surface area contributed by atoms with Crippen LogP contribution in [0.3, 0.4) is 0 Å². The van der Waals surface area contributed by atoms with Crippen LogP contribution in [0.4, 0.5) is 0 Å². The van der Waals surface area contributed by atoms with Gasteiger partial charge in [0, 0.05) is 11.8 Å². The van der Waals surface area contributed by atoms with Crippen LogP contribution in [0.1, 0.15) is 43.2 Å². The number of aryl methyl sites for hydroxylation is 1. The first-order chi connectivity index (χ1) is 14.4. The van der Waals surface area contributed by atoms with Gasteiger partial charge in [-0.3, -0.25) is 9.10 Å². The van der Waals surface area contributed by atoms with Crippen molar-refractivity contribution >= 4 is 15.8 Å². The van der Waals surface area contributed by atoms with Crippen molar-refractivity contribution in [2.24, 2.45) is 17.3 Å². The molecule has 3 atom stereocenters. The third-order valence-electron chi connectivity index (χ3n) is 7.24. The monoisotopic (exact) mass is 421 g/mol. The van der Waals surface area contributed by atoms with Gasteiger partial charge in [0.05, 0.1) is 17.1 Å². The van der Waals surface area contributed by atoms with Gasteiger partial charge in [0.2, 0.25) is 0 Å². The summed E-state index contributed by atoms with van der Waals surface area (Å²) in [5, 5.41) is 0. The van der Waals surface area contributed by atoms with Crippen molar-refractivity contribution in [3.05, 3.63) is 77.5 Å². The van der Waals surface area contributed by atoms with E-state index in [1.165, 1.54) is 17.1 Å². The molecule has 2 aromatic carbocycles. The zero-order valence-corrected chi connectivity index (χ0v) is 18.1. The van der Waals surface area contributed by atoms with Crippen molar-refractivity contribution in [3.8, 4) is 0 Å². The highest BCUT2D eigenvalue weighted by atomic mass is 32.2. The molecule has 2 fully saturated rings. The van der Waals surface area contributed by atoms with Gasteiger partial charge < -0.3 is 0 Å². The standard InChI is InChI=1S/C25H27NO3S/c1-18-11-13-20(14-12-18)30(28,29)26(17-19-7-3-2-4-8-19)23-15-25(16-24(23)27)21-9-5-6-10-22(21)25/h2-4,7-8,11-15,21-22H,5-6,9-10,16-17H2,1H3/t21-,22+,25?. The maximum Gasteiger partial charge on any atom is 0.264 e. The Bertz CT molecular complexity index is 1090. The number of carbonyl (C=O) groups is 1. The smallest absolute Gasteiger partial charge is 0.264 e. The van der Waals surface area contributed by atoms with Crippen molar-refractivity contribution in [3.63, 3.8) is 0 Å². The molecule has 0 aromatic heterocycles. The van der Waals surface area contributed by atoms with Gasteiger partial charge >= 0.3 is 0 Å². The molecular formula is C25H27NO3S. The highest BCUT2D eigenvalue weighted by molar-refractivity contribution is 7.89. The van der Waals surface area contributed by atoms with E-state index in [-0.39, 0.29) is 22.6 Å². The summed E-state index contributed by atoms with van der Waals surface area (Å²) in [6.07, 6.45) is 7.25. The first-order valence-corrected chi connectivity index (χ1v) is 12.3. The largest absolute Gasteiger partial charge is 0.292 e. The van der Waals surface area contributed by atoms with Gasteiger partial charge in [-0.25, -0.2) is 8.42 Å². The normalized spacial score (nSPS) is 27.6. The van der Waals surface area contributed by atoms with Crippen molar-refractivity contribution < 1.29 is 13.2 Å². The zero-order valence-electron chi connectivity index (χ0n) is 17.3. The number of hydrogen-bond acceptors (Lipinski definition) is 3. The SMILES string of the molecule is Cc1ccc(S(=O)(=O)N(Cc2ccccc2)C2=CC3(CC2=O)[C@@H]2CCCC[C@@H]23)cc1. The Morgan fingerprint density at radius 2 is 1.60 bits per heavy atom. The number of fused-ring (bicyclic) bond motifs is 3. The highest BCUT2D eigenvalue weighted by Gasteiger charge is 2.66. The van der Waals surface area contributed by atoms with E-state index < -0.39 is 10.0 Å². The van der Waals surface area contributed by atoms with Crippen molar-refractivity contribution in [2.45, 2.75) is 50.5 Å². The lowest BCUT2D eigenvalue weighted by Gasteiger charge is -2.25. The second-order valence-corrected chi connectivity index (χ2v) is 10.9. The molecule has 156 valence electrons. The van der Waals surface area contributed by atoms with Gasteiger partial charge in [-0.2, -0.15) is 0 Å². The maximum absolute atomic E-state index is 13.7. The summed E-state index contributed by atoms with van der Waals surface area (Å²) in [4.78, 5) is 13.4. The summed E-state index contributed by atoms with van der Waals surface area (Å²) in [7, 11) is -3.84. The third kappa shape index (κ3) is 3.11. The van der Waals surface area contributed by atoms with Crippen molar-refractivity contribution in [1.82, 2.24) is 4.31 Å². The Balaban J connectivity index is 1.56. The fourth-order valence-corrected chi connectivity index (χ4v) is 7.09. The number of rotatable bonds is 5. The molecule has 3 aliphatic rings. The Kier molecular flexibility index (Phi) is 4.62. The first kappa shape index (κ1) is 19.6. The van der Waals surface area contributed by atoms with E-state index in [1.54, 1.807) is 24.3 Å². The second kappa shape index (κ2) is 7.09. The predicted molar refractivity (Wildman–Crippen MR) is 116 cm³/mol. The van der Waals surface area contributed by atoms with Crippen LogP contribution in [-0.2, 0) is 21.4 Å². The molecule has 0 heterocycles. The van der Waals surface area contributed by atoms with E-state index in [0.29, 0.717) is 24.0 Å². The van der Waals surface area contributed by atoms with Gasteiger partial charge in [0.25, 0.3) is 10.0 Å². The minimum atomic E-state index is -3.84. The van der Waals surface area contributed by atoms with Crippen LogP contribution in [0.25, 0.3) is 0 Å². The van der Waals surface area contributed by atoms with Crippen LogP contribution in [0.2, 0.25) is 0 Å². The number of sulfonamides is 1. The predicted octanol–water partition coefficient (Wildman–Crippen LogP) is 4.85. The lowest BCUT2D eigenvalue weighted by atomic mass is 10.0. The van der Waals surface area contributed by atoms with E-state index >= 15 is 0 Å². The van der Waals surface area contributed by atoms with Crippen LogP contribution in [-0.4, -0.2) is 18.5 Å². The van der Waals surface area contributed by atoms with Crippen LogP contribution in [0.15, 0.2) is 71.3 Å². The Morgan fingerprint density at radius 3 is 2.23 bits per heavy atom. The molecular weight excluding hydrogens is 394 g/mol. The lowest BCUT2D eigenvalue weighted by Crippen LogP contribution is -2.32. The molecule has 2 saturated carbocycles. The molecule has 5 heteroatoms. The van der Waals surface area contributed by atoms with Gasteiger partial charge in [0.15, 0.2) is 5.78 Å². The average molecular weight is 422 g/mol. The van der Waals surface area contributed by atoms with E-state index in [9.17, 15) is 13.2 Å². The molecule has 30 heavy (non-hydrogen) atoms. The molecule has 0 aliphatic heterocycles. The van der Waals surface area contributed by atoms with E-state index in [0.717, 1.165) is 24.0 Å². The van der Waals surface area contributed by atoms with Crippen molar-refractivity contribution in [1.29, 1.82) is 0 Å². The fourth-order valence-electron chi connectivity index (χ4n) is 5.63. The highest BCUT2D eigenvalue weighted by Crippen LogP contribution is 2.70. The van der Waals surface area contributed by atoms with Crippen LogP contribution < -0.4 is 0 Å². The van der Waals surface area contributed by atoms with Gasteiger partial charge in [-0.1, -0.05) is 60.9 Å². The summed E-state index contributed by atoms with van der Waals surface area (Å²) < 4.78 is 28.7. The number of hydrogen-bond donors (Lipinski definition) is 0. The molecule has 0 amide bonds. The number of benzene rings is 2. The van der Waals surface area contributed by atoms with Gasteiger partial charge in [-0.15, -0.1) is 0 Å². The zero-order chi connectivity index (χ0) is 20.9. The summed E-state index contributed by atoms with van der Waals surface area (Å²) in [6, 6.07) is 16.4. The van der Waals surface area contributed by atoms with Crippen LogP contribution >= 0.6 is 0 Å². The summed E-state index contributed by atoms with van der Waals surface area (Å²) in [5.41, 5.74) is 2.14. The number of ketones is 1. The van der Waals surface area contributed by atoms with Crippen molar-refractivity contribution in [2.75, 3.05) is 0 Å². The minimum Gasteiger partial charge on any atom is -0.292 e. The van der Waals surface area contributed by atoms with Crippen LogP contribution in [0.5, 0.6) is 0 Å². The topological polar surface area (TPSA) is 54.5 Å². The maximum atomic E-state index is 13.7. The minimum absolute atomic E-state index is 0.0315. The molecule has 0 N–H and O–H groups in total. The molecule has 3 aliphatic carbocycles. The Morgan fingerprint density at radius 1 is 0.967 bits per heavy atom. The number of Topliss-reactive ketones (excluding diaryl/α,β-unsaturated/α-hetero) is 1. The van der Waals surface area contributed by atoms with E-state index in [1.807, 2.05) is 43.3 Å². The fraction of sp³-hybridized carbons (Fsp3) is 0.400. The number of allylic oxidation sites excluding steroid dienone is 2. The molecule has 5 rings (SSSR count). The molecule has 1 spiro atoms. The first-order valence-electron chi connectivity index (χ1n) is 10.8. The molecule has 4 nitrogen and oxygen atoms in total. The second-order valence-electron chi connectivity index (χ2n) is 9.05. The van der Waals surface area contributed by atoms with Gasteiger partial charge in [-0.05, 0) is 55.4 Å². The summed E-state index contributed by atoms with van der Waals surface area (Å²) >= 11 is 0. The van der Waals surface area contributed by atoms with E-state index in [4.69, 9.17) is 0 Å². The Hall–Kier alpha value is -2.40.